The summed E-state index contributed by atoms with van der Waals surface area (Å²) < 4.78 is 7.22. The number of urea groups is 1. The van der Waals surface area contributed by atoms with E-state index in [9.17, 15) is 9.59 Å². The Labute approximate surface area is 139 Å². The lowest BCUT2D eigenvalue weighted by Gasteiger charge is -2.21. The third-order valence-corrected chi connectivity index (χ3v) is 4.29. The van der Waals surface area contributed by atoms with Gasteiger partial charge in [0.05, 0.1) is 6.54 Å². The Bertz CT molecular complexity index is 806. The van der Waals surface area contributed by atoms with E-state index in [2.05, 4.69) is 15.4 Å². The highest BCUT2D eigenvalue weighted by Gasteiger charge is 2.50. The van der Waals surface area contributed by atoms with Gasteiger partial charge in [0, 0.05) is 11.6 Å². The van der Waals surface area contributed by atoms with Crippen LogP contribution in [-0.2, 0) is 16.9 Å². The van der Waals surface area contributed by atoms with Gasteiger partial charge in [-0.3, -0.25) is 9.69 Å². The van der Waals surface area contributed by atoms with Gasteiger partial charge in [-0.2, -0.15) is 5.10 Å². The number of hydrogen-bond donors (Lipinski definition) is 1. The second kappa shape index (κ2) is 5.47. The van der Waals surface area contributed by atoms with Crippen molar-refractivity contribution >= 4 is 11.9 Å². The van der Waals surface area contributed by atoms with Crippen LogP contribution in [0.2, 0.25) is 0 Å². The quantitative estimate of drug-likeness (QED) is 0.865. The van der Waals surface area contributed by atoms with Crippen LogP contribution in [0.15, 0.2) is 16.8 Å². The first-order valence-corrected chi connectivity index (χ1v) is 7.84. The first-order valence-electron chi connectivity index (χ1n) is 7.84. The van der Waals surface area contributed by atoms with Crippen molar-refractivity contribution in [2.75, 3.05) is 0 Å². The van der Waals surface area contributed by atoms with Crippen molar-refractivity contribution in [1.82, 2.24) is 25.0 Å². The Kier molecular flexibility index (Phi) is 3.70. The van der Waals surface area contributed by atoms with Crippen LogP contribution >= 0.6 is 0 Å². The molecular formula is C16H21N5O3. The van der Waals surface area contributed by atoms with Gasteiger partial charge in [-0.05, 0) is 40.7 Å². The average Bonchev–Trinajstić information content (AvgIpc) is 3.14. The Balaban J connectivity index is 1.92. The number of imide groups is 1. The van der Waals surface area contributed by atoms with E-state index in [-0.39, 0.29) is 18.5 Å². The molecule has 3 heterocycles. The van der Waals surface area contributed by atoms with Crippen molar-refractivity contribution in [2.24, 2.45) is 0 Å². The number of hydrogen-bond acceptors (Lipinski definition) is 5. The molecule has 1 saturated heterocycles. The van der Waals surface area contributed by atoms with E-state index in [0.717, 1.165) is 0 Å². The number of aryl methyl sites for hydroxylation is 2. The molecular weight excluding hydrogens is 310 g/mol. The number of carbonyl (C=O) groups excluding carboxylic acids is 2. The summed E-state index contributed by atoms with van der Waals surface area (Å²) in [5, 5.41) is 6.92. The van der Waals surface area contributed by atoms with E-state index in [4.69, 9.17) is 4.42 Å². The minimum atomic E-state index is -1.14. The number of furan rings is 1. The molecule has 1 fully saturated rings. The molecule has 8 nitrogen and oxygen atoms in total. The number of amides is 3. The summed E-state index contributed by atoms with van der Waals surface area (Å²) in [6, 6.07) is 1.43. The lowest BCUT2D eigenvalue weighted by molar-refractivity contribution is -0.131. The molecule has 24 heavy (non-hydrogen) atoms. The van der Waals surface area contributed by atoms with Crippen LogP contribution in [-0.4, -0.2) is 31.6 Å². The monoisotopic (exact) mass is 331 g/mol. The smallest absolute Gasteiger partial charge is 0.325 e. The Morgan fingerprint density at radius 3 is 2.62 bits per heavy atom. The fourth-order valence-electron chi connectivity index (χ4n) is 3.11. The molecule has 0 saturated carbocycles. The minimum absolute atomic E-state index is 0.0777. The van der Waals surface area contributed by atoms with Gasteiger partial charge in [0.25, 0.3) is 5.91 Å². The number of rotatable bonds is 4. The van der Waals surface area contributed by atoms with E-state index in [1.54, 1.807) is 24.6 Å². The first kappa shape index (κ1) is 16.2. The number of carbonyl (C=O) groups is 2. The summed E-state index contributed by atoms with van der Waals surface area (Å²) in [6.07, 6.45) is 1.43. The molecule has 3 rings (SSSR count). The molecule has 2 aromatic heterocycles. The third kappa shape index (κ3) is 2.38. The molecule has 0 radical (unpaired) electrons. The molecule has 128 valence electrons. The van der Waals surface area contributed by atoms with E-state index in [0.29, 0.717) is 22.9 Å². The zero-order valence-corrected chi connectivity index (χ0v) is 14.5. The summed E-state index contributed by atoms with van der Waals surface area (Å²) in [7, 11) is 0. The Morgan fingerprint density at radius 2 is 2.04 bits per heavy atom. The fraction of sp³-hybridized carbons (Fsp3) is 0.500. The van der Waals surface area contributed by atoms with Crippen LogP contribution in [0.4, 0.5) is 4.79 Å². The Hall–Kier alpha value is -2.64. The van der Waals surface area contributed by atoms with Crippen LogP contribution in [0.5, 0.6) is 0 Å². The van der Waals surface area contributed by atoms with Crippen molar-refractivity contribution in [3.8, 4) is 0 Å². The maximum Gasteiger partial charge on any atom is 0.325 e. The summed E-state index contributed by atoms with van der Waals surface area (Å²) in [5.41, 5.74) is -0.465. The number of aromatic nitrogens is 3. The van der Waals surface area contributed by atoms with E-state index >= 15 is 0 Å². The lowest BCUT2D eigenvalue weighted by Crippen LogP contribution is -2.41. The van der Waals surface area contributed by atoms with Gasteiger partial charge in [0.1, 0.15) is 29.2 Å². The van der Waals surface area contributed by atoms with Gasteiger partial charge >= 0.3 is 6.03 Å². The summed E-state index contributed by atoms with van der Waals surface area (Å²) in [6.45, 7) is 9.29. The summed E-state index contributed by atoms with van der Waals surface area (Å²) >= 11 is 0. The summed E-state index contributed by atoms with van der Waals surface area (Å²) in [4.78, 5) is 30.7. The van der Waals surface area contributed by atoms with Gasteiger partial charge in [-0.25, -0.2) is 14.5 Å². The molecule has 0 aromatic carbocycles. The first-order chi connectivity index (χ1) is 11.2. The highest BCUT2D eigenvalue weighted by molar-refractivity contribution is 6.07. The van der Waals surface area contributed by atoms with Crippen molar-refractivity contribution in [3.63, 3.8) is 0 Å². The molecule has 1 N–H and O–H groups in total. The average molecular weight is 331 g/mol. The Morgan fingerprint density at radius 1 is 1.33 bits per heavy atom. The van der Waals surface area contributed by atoms with E-state index < -0.39 is 11.6 Å². The maximum atomic E-state index is 13.0. The molecule has 1 aliphatic rings. The molecule has 2 aromatic rings. The van der Waals surface area contributed by atoms with Gasteiger partial charge in [-0.1, -0.05) is 0 Å². The maximum absolute atomic E-state index is 13.0. The fourth-order valence-corrected chi connectivity index (χ4v) is 3.11. The normalized spacial score (nSPS) is 21.0. The zero-order valence-electron chi connectivity index (χ0n) is 14.5. The zero-order chi connectivity index (χ0) is 17.6. The van der Waals surface area contributed by atoms with Gasteiger partial charge < -0.3 is 9.73 Å². The van der Waals surface area contributed by atoms with Crippen molar-refractivity contribution < 1.29 is 14.0 Å². The topological polar surface area (TPSA) is 93.3 Å². The molecule has 0 spiro atoms. The second-order valence-electron chi connectivity index (χ2n) is 6.49. The lowest BCUT2D eigenvalue weighted by atomic mass is 9.92. The molecule has 3 amide bonds. The number of nitrogens with one attached hydrogen (secondary N) is 1. The second-order valence-corrected chi connectivity index (χ2v) is 6.49. The molecule has 1 aliphatic heterocycles. The summed E-state index contributed by atoms with van der Waals surface area (Å²) in [5.74, 6) is 1.56. The standard InChI is InChI=1S/C16H21N5O3/c1-9(2)21-13(17-8-18-21)7-20-14(22)16(5,19-15(20)23)12-6-10(3)24-11(12)4/h6,8-9H,7H2,1-5H3,(H,19,23). The molecule has 1 atom stereocenters. The molecule has 0 bridgehead atoms. The van der Waals surface area contributed by atoms with Crippen molar-refractivity contribution in [1.29, 1.82) is 0 Å². The highest BCUT2D eigenvalue weighted by Crippen LogP contribution is 2.33. The van der Waals surface area contributed by atoms with Crippen LogP contribution in [0.3, 0.4) is 0 Å². The third-order valence-electron chi connectivity index (χ3n) is 4.29. The predicted octanol–water partition coefficient (Wildman–Crippen LogP) is 2.04. The van der Waals surface area contributed by atoms with Crippen LogP contribution < -0.4 is 5.32 Å². The van der Waals surface area contributed by atoms with Crippen LogP contribution in [0, 0.1) is 13.8 Å². The van der Waals surface area contributed by atoms with Crippen LogP contribution in [0.1, 0.15) is 49.7 Å². The van der Waals surface area contributed by atoms with E-state index in [1.165, 1.54) is 11.2 Å². The van der Waals surface area contributed by atoms with Gasteiger partial charge in [-0.15, -0.1) is 0 Å². The minimum Gasteiger partial charge on any atom is -0.466 e. The van der Waals surface area contributed by atoms with Crippen molar-refractivity contribution in [2.45, 2.75) is 52.7 Å². The number of nitrogens with zero attached hydrogens (tertiary/aromatic N) is 4. The van der Waals surface area contributed by atoms with Crippen molar-refractivity contribution in [3.05, 3.63) is 35.3 Å². The highest BCUT2D eigenvalue weighted by atomic mass is 16.3. The van der Waals surface area contributed by atoms with Gasteiger partial charge in [0.15, 0.2) is 0 Å². The predicted molar refractivity (Wildman–Crippen MR) is 85.0 cm³/mol. The van der Waals surface area contributed by atoms with Gasteiger partial charge in [0.2, 0.25) is 0 Å². The largest absolute Gasteiger partial charge is 0.466 e. The SMILES string of the molecule is Cc1cc(C2(C)NC(=O)N(Cc3ncnn3C(C)C)C2=O)c(C)o1. The molecule has 1 unspecified atom stereocenters. The molecule has 8 heteroatoms. The van der Waals surface area contributed by atoms with Crippen LogP contribution in [0.25, 0.3) is 0 Å². The van der Waals surface area contributed by atoms with E-state index in [1.807, 2.05) is 20.8 Å². The molecule has 0 aliphatic carbocycles.